The van der Waals surface area contributed by atoms with Crippen LogP contribution in [-0.2, 0) is 11.2 Å². The average molecular weight is 256 g/mol. The molecule has 17 heavy (non-hydrogen) atoms. The third-order valence-corrected chi connectivity index (χ3v) is 3.61. The number of morpholine rings is 1. The van der Waals surface area contributed by atoms with Crippen LogP contribution in [0.4, 0.5) is 5.13 Å². The second-order valence-electron chi connectivity index (χ2n) is 4.32. The molecule has 1 aliphatic heterocycles. The second kappa shape index (κ2) is 6.28. The molecule has 1 aromatic rings. The molecule has 2 rings (SSSR count). The van der Waals surface area contributed by atoms with Crippen molar-refractivity contribution in [3.8, 4) is 0 Å². The number of likely N-dealkylation sites (N-methyl/N-ethyl adjacent to an activating group) is 1. The van der Waals surface area contributed by atoms with Crippen LogP contribution in [0.1, 0.15) is 19.2 Å². The Morgan fingerprint density at radius 3 is 3.18 bits per heavy atom. The van der Waals surface area contributed by atoms with Gasteiger partial charge < -0.3 is 15.0 Å². The maximum atomic E-state index is 5.68. The third kappa shape index (κ3) is 3.62. The van der Waals surface area contributed by atoms with Gasteiger partial charge >= 0.3 is 0 Å². The van der Waals surface area contributed by atoms with E-state index in [1.807, 2.05) is 7.05 Å². The van der Waals surface area contributed by atoms with E-state index in [1.54, 1.807) is 0 Å². The largest absolute Gasteiger partial charge is 0.374 e. The fourth-order valence-corrected chi connectivity index (χ4v) is 2.52. The SMILES string of the molecule is CCCc1nsc(N(C)CC2CNCCO2)n1. The van der Waals surface area contributed by atoms with Gasteiger partial charge in [-0.05, 0) is 6.42 Å². The predicted octanol–water partition coefficient (Wildman–Crippen LogP) is 0.915. The van der Waals surface area contributed by atoms with Crippen molar-refractivity contribution in [2.45, 2.75) is 25.9 Å². The maximum Gasteiger partial charge on any atom is 0.205 e. The van der Waals surface area contributed by atoms with E-state index in [1.165, 1.54) is 11.5 Å². The van der Waals surface area contributed by atoms with Gasteiger partial charge in [0, 0.05) is 44.6 Å². The van der Waals surface area contributed by atoms with Crippen molar-refractivity contribution in [1.82, 2.24) is 14.7 Å². The van der Waals surface area contributed by atoms with Crippen LogP contribution in [0.15, 0.2) is 0 Å². The minimum Gasteiger partial charge on any atom is -0.374 e. The Morgan fingerprint density at radius 2 is 2.47 bits per heavy atom. The van der Waals surface area contributed by atoms with Gasteiger partial charge in [0.25, 0.3) is 0 Å². The molecular formula is C11H20N4OS. The zero-order valence-corrected chi connectivity index (χ0v) is 11.3. The van der Waals surface area contributed by atoms with E-state index in [2.05, 4.69) is 26.5 Å². The number of aryl methyl sites for hydroxylation is 1. The van der Waals surface area contributed by atoms with Crippen molar-refractivity contribution in [1.29, 1.82) is 0 Å². The molecule has 5 nitrogen and oxygen atoms in total. The Morgan fingerprint density at radius 1 is 1.59 bits per heavy atom. The van der Waals surface area contributed by atoms with Crippen LogP contribution in [-0.4, -0.2) is 48.8 Å². The molecule has 0 spiro atoms. The summed E-state index contributed by atoms with van der Waals surface area (Å²) in [7, 11) is 2.05. The summed E-state index contributed by atoms with van der Waals surface area (Å²) in [6, 6.07) is 0. The van der Waals surface area contributed by atoms with Crippen LogP contribution in [0.2, 0.25) is 0 Å². The van der Waals surface area contributed by atoms with Crippen LogP contribution < -0.4 is 10.2 Å². The monoisotopic (exact) mass is 256 g/mol. The fourth-order valence-electron chi connectivity index (χ4n) is 1.85. The third-order valence-electron chi connectivity index (χ3n) is 2.74. The topological polar surface area (TPSA) is 50.3 Å². The lowest BCUT2D eigenvalue weighted by Crippen LogP contribution is -2.44. The first-order valence-electron chi connectivity index (χ1n) is 6.15. The highest BCUT2D eigenvalue weighted by atomic mass is 32.1. The first kappa shape index (κ1) is 12.7. The first-order chi connectivity index (χ1) is 8.29. The van der Waals surface area contributed by atoms with Crippen molar-refractivity contribution in [3.63, 3.8) is 0 Å². The number of anilines is 1. The number of rotatable bonds is 5. The maximum absolute atomic E-state index is 5.68. The second-order valence-corrected chi connectivity index (χ2v) is 5.05. The van der Waals surface area contributed by atoms with Crippen molar-refractivity contribution >= 4 is 16.7 Å². The molecule has 0 aliphatic carbocycles. The van der Waals surface area contributed by atoms with E-state index in [4.69, 9.17) is 4.74 Å². The number of ether oxygens (including phenoxy) is 1. The van der Waals surface area contributed by atoms with Gasteiger partial charge in [-0.15, -0.1) is 0 Å². The molecule has 96 valence electrons. The first-order valence-corrected chi connectivity index (χ1v) is 6.93. The fraction of sp³-hybridized carbons (Fsp3) is 0.818. The summed E-state index contributed by atoms with van der Waals surface area (Å²) < 4.78 is 10.0. The van der Waals surface area contributed by atoms with Gasteiger partial charge in [-0.1, -0.05) is 6.92 Å². The van der Waals surface area contributed by atoms with Crippen LogP contribution in [0.25, 0.3) is 0 Å². The van der Waals surface area contributed by atoms with Crippen molar-refractivity contribution in [3.05, 3.63) is 5.82 Å². The lowest BCUT2D eigenvalue weighted by Gasteiger charge is -2.27. The molecule has 6 heteroatoms. The predicted molar refractivity (Wildman–Crippen MR) is 69.8 cm³/mol. The number of nitrogens with one attached hydrogen (secondary N) is 1. The number of hydrogen-bond acceptors (Lipinski definition) is 6. The summed E-state index contributed by atoms with van der Waals surface area (Å²) in [5, 5.41) is 4.32. The van der Waals surface area contributed by atoms with E-state index in [9.17, 15) is 0 Å². The quantitative estimate of drug-likeness (QED) is 0.849. The normalized spacial score (nSPS) is 20.5. The smallest absolute Gasteiger partial charge is 0.205 e. The highest BCUT2D eigenvalue weighted by molar-refractivity contribution is 7.09. The minimum absolute atomic E-state index is 0.257. The summed E-state index contributed by atoms with van der Waals surface area (Å²) >= 11 is 1.48. The van der Waals surface area contributed by atoms with Gasteiger partial charge in [0.1, 0.15) is 5.82 Å². The summed E-state index contributed by atoms with van der Waals surface area (Å²) in [4.78, 5) is 6.66. The van der Waals surface area contributed by atoms with Gasteiger partial charge in [0.15, 0.2) is 0 Å². The zero-order valence-electron chi connectivity index (χ0n) is 10.5. The minimum atomic E-state index is 0.257. The standard InChI is InChI=1S/C11H20N4OS/c1-3-4-10-13-11(17-14-10)15(2)8-9-7-12-5-6-16-9/h9,12H,3-8H2,1-2H3. The molecule has 1 aromatic heterocycles. The Bertz CT molecular complexity index is 338. The van der Waals surface area contributed by atoms with Gasteiger partial charge in [-0.3, -0.25) is 0 Å². The molecule has 0 aromatic carbocycles. The van der Waals surface area contributed by atoms with Crippen LogP contribution in [0, 0.1) is 0 Å². The summed E-state index contributed by atoms with van der Waals surface area (Å²) in [5.74, 6) is 0.960. The molecule has 1 unspecified atom stereocenters. The van der Waals surface area contributed by atoms with Crippen LogP contribution in [0.5, 0.6) is 0 Å². The number of hydrogen-bond donors (Lipinski definition) is 1. The summed E-state index contributed by atoms with van der Waals surface area (Å²) in [5.41, 5.74) is 0. The Hall–Kier alpha value is -0.720. The molecule has 1 fully saturated rings. The molecule has 1 atom stereocenters. The van der Waals surface area contributed by atoms with Gasteiger partial charge in [0.2, 0.25) is 5.13 Å². The van der Waals surface area contributed by atoms with Crippen LogP contribution in [0.3, 0.4) is 0 Å². The van der Waals surface area contributed by atoms with Crippen LogP contribution >= 0.6 is 11.5 Å². The summed E-state index contributed by atoms with van der Waals surface area (Å²) in [6.07, 6.45) is 2.31. The average Bonchev–Trinajstić information content (AvgIpc) is 2.79. The molecule has 1 N–H and O–H groups in total. The molecule has 0 radical (unpaired) electrons. The van der Waals surface area contributed by atoms with E-state index in [-0.39, 0.29) is 6.10 Å². The van der Waals surface area contributed by atoms with Crippen molar-refractivity contribution in [2.75, 3.05) is 38.2 Å². The lowest BCUT2D eigenvalue weighted by atomic mass is 10.3. The van der Waals surface area contributed by atoms with E-state index in [0.29, 0.717) is 0 Å². The highest BCUT2D eigenvalue weighted by Gasteiger charge is 2.17. The summed E-state index contributed by atoms with van der Waals surface area (Å²) in [6.45, 7) is 5.69. The molecule has 1 saturated heterocycles. The Labute approximate surface area is 106 Å². The van der Waals surface area contributed by atoms with Gasteiger partial charge in [-0.2, -0.15) is 4.37 Å². The van der Waals surface area contributed by atoms with Gasteiger partial charge in [-0.25, -0.2) is 4.98 Å². The molecule has 0 saturated carbocycles. The van der Waals surface area contributed by atoms with Crippen molar-refractivity contribution in [2.24, 2.45) is 0 Å². The number of aromatic nitrogens is 2. The molecule has 1 aliphatic rings. The molecular weight excluding hydrogens is 236 g/mol. The van der Waals surface area contributed by atoms with E-state index < -0.39 is 0 Å². The van der Waals surface area contributed by atoms with Crippen molar-refractivity contribution < 1.29 is 4.74 Å². The molecule has 0 amide bonds. The lowest BCUT2D eigenvalue weighted by molar-refractivity contribution is 0.0340. The Kier molecular flexibility index (Phi) is 4.70. The molecule has 2 heterocycles. The van der Waals surface area contributed by atoms with E-state index >= 15 is 0 Å². The van der Waals surface area contributed by atoms with Gasteiger partial charge in [0.05, 0.1) is 12.7 Å². The number of nitrogens with zero attached hydrogens (tertiary/aromatic N) is 3. The molecule has 0 bridgehead atoms. The zero-order chi connectivity index (χ0) is 12.1. The highest BCUT2D eigenvalue weighted by Crippen LogP contribution is 2.17. The Balaban J connectivity index is 1.86. The van der Waals surface area contributed by atoms with E-state index in [0.717, 1.165) is 50.0 Å².